The standard InChI is InChI=1S/C33H49N3O7S/c1-23-19-36(24(2)22-37)33(38)30-18-27(34-44(39,40)29-14-12-28(41-5)13-15-29)11-16-31(30)43-25(3)8-6-7-17-42-32(23)21-35(4)20-26-9-10-26/h11-16,18,23-26,32,34,37H,6-10,17,19-22H2,1-5H3/t23-,24-,25-,32+/m1/s1. The van der Waals surface area contributed by atoms with Crippen molar-refractivity contribution in [2.45, 2.75) is 76.0 Å². The Morgan fingerprint density at radius 1 is 1.09 bits per heavy atom. The monoisotopic (exact) mass is 631 g/mol. The third kappa shape index (κ3) is 9.32. The molecule has 1 amide bonds. The molecule has 1 fully saturated rings. The summed E-state index contributed by atoms with van der Waals surface area (Å²) in [5.74, 6) is 1.33. The summed E-state index contributed by atoms with van der Waals surface area (Å²) < 4.78 is 46.9. The molecule has 11 heteroatoms. The van der Waals surface area contributed by atoms with Gasteiger partial charge in [0.25, 0.3) is 15.9 Å². The molecule has 0 aromatic heterocycles. The normalized spacial score (nSPS) is 22.9. The molecule has 244 valence electrons. The highest BCUT2D eigenvalue weighted by molar-refractivity contribution is 7.92. The largest absolute Gasteiger partial charge is 0.497 e. The van der Waals surface area contributed by atoms with Crippen molar-refractivity contribution in [3.8, 4) is 11.5 Å². The van der Waals surface area contributed by atoms with Gasteiger partial charge in [-0.05, 0) is 101 Å². The third-order valence-electron chi connectivity index (χ3n) is 8.43. The fourth-order valence-electron chi connectivity index (χ4n) is 5.54. The summed E-state index contributed by atoms with van der Waals surface area (Å²) in [6.07, 6.45) is 4.89. The fraction of sp³-hybridized carbons (Fsp3) is 0.606. The number of ether oxygens (including phenoxy) is 3. The number of aliphatic hydroxyl groups is 1. The zero-order valence-electron chi connectivity index (χ0n) is 26.7. The number of sulfonamides is 1. The van der Waals surface area contributed by atoms with Crippen molar-refractivity contribution >= 4 is 21.6 Å². The maximum Gasteiger partial charge on any atom is 0.261 e. The van der Waals surface area contributed by atoms with Crippen LogP contribution < -0.4 is 14.2 Å². The fourth-order valence-corrected chi connectivity index (χ4v) is 6.59. The molecule has 0 bridgehead atoms. The molecule has 0 radical (unpaired) electrons. The van der Waals surface area contributed by atoms with Crippen LogP contribution in [0.3, 0.4) is 0 Å². The van der Waals surface area contributed by atoms with E-state index in [1.807, 2.05) is 13.8 Å². The molecular formula is C33H49N3O7S. The summed E-state index contributed by atoms with van der Waals surface area (Å²) in [6, 6.07) is 10.4. The first-order chi connectivity index (χ1) is 21.0. The molecule has 2 aliphatic rings. The number of anilines is 1. The first-order valence-corrected chi connectivity index (χ1v) is 17.2. The van der Waals surface area contributed by atoms with Gasteiger partial charge in [0.1, 0.15) is 11.5 Å². The number of hydrogen-bond donors (Lipinski definition) is 2. The average Bonchev–Trinajstić information content (AvgIpc) is 3.82. The van der Waals surface area contributed by atoms with E-state index in [0.717, 1.165) is 38.3 Å². The zero-order valence-corrected chi connectivity index (χ0v) is 27.5. The molecule has 1 saturated carbocycles. The van der Waals surface area contributed by atoms with Crippen LogP contribution in [0.2, 0.25) is 0 Å². The van der Waals surface area contributed by atoms with Crippen LogP contribution >= 0.6 is 0 Å². The Morgan fingerprint density at radius 3 is 2.48 bits per heavy atom. The van der Waals surface area contributed by atoms with Gasteiger partial charge < -0.3 is 29.1 Å². The predicted molar refractivity (Wildman–Crippen MR) is 171 cm³/mol. The van der Waals surface area contributed by atoms with E-state index in [2.05, 4.69) is 23.6 Å². The number of nitrogens with zero attached hydrogens (tertiary/aromatic N) is 2. The summed E-state index contributed by atoms with van der Waals surface area (Å²) in [4.78, 5) is 18.3. The lowest BCUT2D eigenvalue weighted by molar-refractivity contribution is -0.0172. The lowest BCUT2D eigenvalue weighted by Crippen LogP contribution is -2.47. The molecule has 2 aromatic rings. The quantitative estimate of drug-likeness (QED) is 0.390. The van der Waals surface area contributed by atoms with Crippen LogP contribution in [0.1, 0.15) is 63.2 Å². The Labute approximate surface area is 262 Å². The van der Waals surface area contributed by atoms with Gasteiger partial charge in [0.2, 0.25) is 0 Å². The third-order valence-corrected chi connectivity index (χ3v) is 9.83. The smallest absolute Gasteiger partial charge is 0.261 e. The zero-order chi connectivity index (χ0) is 31.9. The van der Waals surface area contributed by atoms with Crippen molar-refractivity contribution in [2.24, 2.45) is 11.8 Å². The maximum atomic E-state index is 14.3. The maximum absolute atomic E-state index is 14.3. The van der Waals surface area contributed by atoms with Gasteiger partial charge >= 0.3 is 0 Å². The van der Waals surface area contributed by atoms with Crippen molar-refractivity contribution in [1.29, 1.82) is 0 Å². The summed E-state index contributed by atoms with van der Waals surface area (Å²) in [5, 5.41) is 10.2. The molecule has 0 saturated heterocycles. The van der Waals surface area contributed by atoms with Crippen LogP contribution in [0.25, 0.3) is 0 Å². The Hall–Kier alpha value is -2.86. The molecule has 4 atom stereocenters. The number of likely N-dealkylation sites (N-methyl/N-ethyl adjacent to an activating group) is 1. The number of hydrogen-bond acceptors (Lipinski definition) is 8. The Balaban J connectivity index is 1.65. The number of benzene rings is 2. The summed E-state index contributed by atoms with van der Waals surface area (Å²) >= 11 is 0. The average molecular weight is 632 g/mol. The van der Waals surface area contributed by atoms with E-state index >= 15 is 0 Å². The van der Waals surface area contributed by atoms with Gasteiger partial charge in [-0.25, -0.2) is 8.42 Å². The highest BCUT2D eigenvalue weighted by Crippen LogP contribution is 2.31. The van der Waals surface area contributed by atoms with Gasteiger partial charge in [0, 0.05) is 37.8 Å². The van der Waals surface area contributed by atoms with Crippen LogP contribution in [0.15, 0.2) is 47.4 Å². The number of amides is 1. The first kappa shape index (κ1) is 34.0. The molecule has 2 aromatic carbocycles. The van der Waals surface area contributed by atoms with Gasteiger partial charge in [-0.1, -0.05) is 6.92 Å². The molecule has 4 rings (SSSR count). The number of methoxy groups -OCH3 is 1. The molecular weight excluding hydrogens is 582 g/mol. The minimum Gasteiger partial charge on any atom is -0.497 e. The molecule has 1 heterocycles. The Kier molecular flexibility index (Phi) is 11.9. The van der Waals surface area contributed by atoms with E-state index in [1.165, 1.54) is 38.2 Å². The van der Waals surface area contributed by atoms with Crippen molar-refractivity contribution in [3.05, 3.63) is 48.0 Å². The molecule has 0 spiro atoms. The molecule has 1 aliphatic carbocycles. The molecule has 2 N–H and O–H groups in total. The summed E-state index contributed by atoms with van der Waals surface area (Å²) in [6.45, 7) is 8.44. The lowest BCUT2D eigenvalue weighted by atomic mass is 10.0. The highest BCUT2D eigenvalue weighted by Gasteiger charge is 2.31. The molecule has 10 nitrogen and oxygen atoms in total. The second kappa shape index (κ2) is 15.4. The van der Waals surface area contributed by atoms with E-state index in [4.69, 9.17) is 14.2 Å². The summed E-state index contributed by atoms with van der Waals surface area (Å²) in [5.41, 5.74) is 0.470. The predicted octanol–water partition coefficient (Wildman–Crippen LogP) is 4.63. The van der Waals surface area contributed by atoms with Gasteiger partial charge in [0.15, 0.2) is 0 Å². The van der Waals surface area contributed by atoms with Crippen LogP contribution in [0.5, 0.6) is 11.5 Å². The topological polar surface area (TPSA) is 118 Å². The first-order valence-electron chi connectivity index (χ1n) is 15.7. The van der Waals surface area contributed by atoms with E-state index < -0.39 is 16.1 Å². The Bertz CT molecular complexity index is 1330. The van der Waals surface area contributed by atoms with Crippen molar-refractivity contribution in [3.63, 3.8) is 0 Å². The van der Waals surface area contributed by atoms with E-state index in [1.54, 1.807) is 29.2 Å². The number of carbonyl (C=O) groups is 1. The van der Waals surface area contributed by atoms with Crippen molar-refractivity contribution in [2.75, 3.05) is 51.7 Å². The summed E-state index contributed by atoms with van der Waals surface area (Å²) in [7, 11) is -0.300. The SMILES string of the molecule is COc1ccc(S(=O)(=O)Nc2ccc3c(c2)C(=O)N([C@H](C)CO)C[C@@H](C)[C@H](CN(C)CC2CC2)OCCCC[C@@H](C)O3)cc1. The molecule has 44 heavy (non-hydrogen) atoms. The number of carbonyl (C=O) groups excluding carboxylic acids is 1. The van der Waals surface area contributed by atoms with Gasteiger partial charge in [-0.2, -0.15) is 0 Å². The van der Waals surface area contributed by atoms with Gasteiger partial charge in [0.05, 0.1) is 42.4 Å². The van der Waals surface area contributed by atoms with E-state index in [-0.39, 0.29) is 46.8 Å². The van der Waals surface area contributed by atoms with Gasteiger partial charge in [-0.3, -0.25) is 9.52 Å². The van der Waals surface area contributed by atoms with Crippen LogP contribution in [0, 0.1) is 11.8 Å². The van der Waals surface area contributed by atoms with Crippen LogP contribution in [-0.2, 0) is 14.8 Å². The van der Waals surface area contributed by atoms with Gasteiger partial charge in [-0.15, -0.1) is 0 Å². The molecule has 0 unspecified atom stereocenters. The number of fused-ring (bicyclic) bond motifs is 1. The second-order valence-electron chi connectivity index (χ2n) is 12.5. The van der Waals surface area contributed by atoms with E-state index in [0.29, 0.717) is 24.7 Å². The second-order valence-corrected chi connectivity index (χ2v) is 14.1. The Morgan fingerprint density at radius 2 is 1.82 bits per heavy atom. The van der Waals surface area contributed by atoms with Crippen molar-refractivity contribution in [1.82, 2.24) is 9.80 Å². The van der Waals surface area contributed by atoms with Crippen molar-refractivity contribution < 1.29 is 32.5 Å². The highest BCUT2D eigenvalue weighted by atomic mass is 32.2. The lowest BCUT2D eigenvalue weighted by Gasteiger charge is -2.36. The number of rotatable bonds is 10. The minimum atomic E-state index is -3.94. The van der Waals surface area contributed by atoms with E-state index in [9.17, 15) is 18.3 Å². The number of nitrogens with one attached hydrogen (secondary N) is 1. The molecule has 1 aliphatic heterocycles. The minimum absolute atomic E-state index is 0.0161. The number of aliphatic hydroxyl groups excluding tert-OH is 1. The van der Waals surface area contributed by atoms with Crippen LogP contribution in [0.4, 0.5) is 5.69 Å². The van der Waals surface area contributed by atoms with Crippen LogP contribution in [-0.4, -0.2) is 94.5 Å².